The van der Waals surface area contributed by atoms with Gasteiger partial charge in [-0.1, -0.05) is 55.5 Å². The molecule has 9 N–H and O–H groups in total. The van der Waals surface area contributed by atoms with Gasteiger partial charge in [-0.3, -0.25) is 38.5 Å². The number of urea groups is 1. The minimum atomic E-state index is -1.27. The summed E-state index contributed by atoms with van der Waals surface area (Å²) < 4.78 is 4.62. The summed E-state index contributed by atoms with van der Waals surface area (Å²) in [5.41, 5.74) is 6.69. The van der Waals surface area contributed by atoms with Gasteiger partial charge in [-0.05, 0) is 75.3 Å². The van der Waals surface area contributed by atoms with E-state index in [0.717, 1.165) is 4.90 Å². The van der Waals surface area contributed by atoms with Crippen LogP contribution in [0.4, 0.5) is 15.3 Å². The lowest BCUT2D eigenvalue weighted by atomic mass is 9.95. The molecule has 0 aliphatic carbocycles. The number of ether oxygens (including phenoxy) is 1. The molecule has 67 heavy (non-hydrogen) atoms. The summed E-state index contributed by atoms with van der Waals surface area (Å²) in [5, 5.41) is 24.8. The highest BCUT2D eigenvalue weighted by Gasteiger charge is 2.64. The molecule has 0 saturated carbocycles. The molecule has 2 fully saturated rings. The third-order valence-corrected chi connectivity index (χ3v) is 12.6. The molecular formula is C45H55N9O12S. The molecule has 2 saturated heterocycles. The average molecular weight is 946 g/mol. The van der Waals surface area contributed by atoms with E-state index < -0.39 is 88.0 Å². The number of rotatable bonds is 23. The number of carbonyl (C=O) groups excluding carboxylic acids is 9. The highest BCUT2D eigenvalue weighted by atomic mass is 32.2. The number of β-lactam (4-membered cyclic amide) rings is 1. The van der Waals surface area contributed by atoms with Crippen LogP contribution < -0.4 is 37.6 Å². The number of amides is 10. The van der Waals surface area contributed by atoms with Crippen molar-refractivity contribution in [1.29, 1.82) is 0 Å². The highest BCUT2D eigenvalue weighted by Crippen LogP contribution is 2.50. The minimum absolute atomic E-state index is 0.0528. The molecular weight excluding hydrogens is 891 g/mol. The number of fused-ring (bicyclic) bond motifs is 1. The van der Waals surface area contributed by atoms with Crippen LogP contribution in [0.25, 0.3) is 0 Å². The van der Waals surface area contributed by atoms with Gasteiger partial charge in [-0.25, -0.2) is 14.4 Å². The second-order valence-electron chi connectivity index (χ2n) is 16.6. The van der Waals surface area contributed by atoms with Crippen LogP contribution in [0.2, 0.25) is 0 Å². The second-order valence-corrected chi connectivity index (χ2v) is 18.4. The van der Waals surface area contributed by atoms with E-state index in [1.165, 1.54) is 40.9 Å². The quantitative estimate of drug-likeness (QED) is 0.0341. The van der Waals surface area contributed by atoms with Crippen LogP contribution in [-0.2, 0) is 49.7 Å². The average Bonchev–Trinajstić information content (AvgIpc) is 3.74. The first-order chi connectivity index (χ1) is 31.8. The van der Waals surface area contributed by atoms with E-state index in [-0.39, 0.29) is 50.8 Å². The number of benzene rings is 2. The van der Waals surface area contributed by atoms with Gasteiger partial charge in [-0.15, -0.1) is 11.8 Å². The zero-order valence-corrected chi connectivity index (χ0v) is 38.0. The smallest absolute Gasteiger partial charge is 0.408 e. The minimum Gasteiger partial charge on any atom is -0.480 e. The summed E-state index contributed by atoms with van der Waals surface area (Å²) in [6, 6.07) is 8.07. The molecule has 0 spiro atoms. The number of aliphatic carboxylic acids is 1. The Kier molecular flexibility index (Phi) is 17.3. The Morgan fingerprint density at radius 3 is 2.16 bits per heavy atom. The standard InChI is InChI=1S/C45H55N9O12S/c1-25(2)33(50-30(55)15-9-6-10-23-53-31(56)20-21-32(53)57)38(59)49-29(14-11-22-47-43(46)64)37(58)48-28-18-16-26(17-19-28)24-66-44(65)52-34(27-12-7-5-8-13-27)39(60)51-35-40(61)54-36(42(62)63)45(3,4)67-41(35)54/h5,7-8,12-13,16-21,29,33-36,41H,1,6,9-11,14-15,22-24H2,2-4H3,(H,48,58)(H,49,59)(H,50,55)(H,51,60)(H,52,65)(H,62,63)(H3,46,47,64)/t29-,33-,34+,35+,36-,41+/m0/s1. The summed E-state index contributed by atoms with van der Waals surface area (Å²) >= 11 is 1.27. The maximum Gasteiger partial charge on any atom is 0.408 e. The van der Waals surface area contributed by atoms with E-state index in [9.17, 15) is 53.1 Å². The number of hydrogen-bond acceptors (Lipinski definition) is 12. The number of carboxylic acids is 1. The van der Waals surface area contributed by atoms with Crippen LogP contribution in [0.5, 0.6) is 0 Å². The lowest BCUT2D eigenvalue weighted by Crippen LogP contribution is -2.71. The van der Waals surface area contributed by atoms with Gasteiger partial charge in [0.05, 0.1) is 0 Å². The van der Waals surface area contributed by atoms with Crippen LogP contribution >= 0.6 is 11.8 Å². The highest BCUT2D eigenvalue weighted by molar-refractivity contribution is 8.01. The first-order valence-electron chi connectivity index (χ1n) is 21.5. The van der Waals surface area contributed by atoms with Gasteiger partial charge in [0.1, 0.15) is 42.2 Å². The monoisotopic (exact) mass is 945 g/mol. The number of anilines is 1. The van der Waals surface area contributed by atoms with Crippen molar-refractivity contribution in [2.24, 2.45) is 5.73 Å². The number of carboxylic acid groups (broad SMARTS) is 1. The summed E-state index contributed by atoms with van der Waals surface area (Å²) in [4.78, 5) is 129. The molecule has 3 heterocycles. The number of carbonyl (C=O) groups is 10. The van der Waals surface area contributed by atoms with Gasteiger partial charge in [0.2, 0.25) is 29.5 Å². The molecule has 3 aliphatic rings. The number of nitrogens with zero attached hydrogens (tertiary/aromatic N) is 2. The molecule has 0 radical (unpaired) electrons. The zero-order valence-electron chi connectivity index (χ0n) is 37.2. The Morgan fingerprint density at radius 2 is 1.54 bits per heavy atom. The van der Waals surface area contributed by atoms with Crippen molar-refractivity contribution in [2.45, 2.75) is 106 Å². The summed E-state index contributed by atoms with van der Waals surface area (Å²) in [6.07, 6.45) is 3.26. The Bertz CT molecular complexity index is 2270. The first kappa shape index (κ1) is 50.8. The summed E-state index contributed by atoms with van der Waals surface area (Å²) in [6.45, 7) is 8.89. The van der Waals surface area contributed by atoms with Crippen molar-refractivity contribution in [3.63, 3.8) is 0 Å². The molecule has 5 rings (SSSR count). The van der Waals surface area contributed by atoms with E-state index in [0.29, 0.717) is 41.6 Å². The van der Waals surface area contributed by atoms with E-state index in [1.54, 1.807) is 63.2 Å². The van der Waals surface area contributed by atoms with Crippen molar-refractivity contribution >= 4 is 76.9 Å². The van der Waals surface area contributed by atoms with Crippen LogP contribution in [0.3, 0.4) is 0 Å². The fourth-order valence-electron chi connectivity index (χ4n) is 7.62. The maximum absolute atomic E-state index is 13.6. The Labute approximate surface area is 390 Å². The summed E-state index contributed by atoms with van der Waals surface area (Å²) in [7, 11) is 0. The Hall–Kier alpha value is -7.23. The number of unbranched alkanes of at least 4 members (excludes halogenated alkanes) is 2. The van der Waals surface area contributed by atoms with Crippen molar-refractivity contribution in [3.8, 4) is 0 Å². The van der Waals surface area contributed by atoms with Gasteiger partial charge in [0.15, 0.2) is 0 Å². The second kappa shape index (κ2) is 22.8. The third-order valence-electron chi connectivity index (χ3n) is 11.1. The Morgan fingerprint density at radius 1 is 0.866 bits per heavy atom. The van der Waals surface area contributed by atoms with Gasteiger partial charge < -0.3 is 52.4 Å². The summed E-state index contributed by atoms with van der Waals surface area (Å²) in [5.74, 6) is -4.91. The number of imide groups is 1. The number of alkyl carbamates (subject to hydrolysis) is 1. The molecule has 6 atom stereocenters. The molecule has 0 aromatic heterocycles. The van der Waals surface area contributed by atoms with E-state index in [4.69, 9.17) is 10.5 Å². The van der Waals surface area contributed by atoms with Crippen LogP contribution in [0.1, 0.15) is 76.5 Å². The van der Waals surface area contributed by atoms with Crippen molar-refractivity contribution < 1.29 is 57.8 Å². The zero-order chi connectivity index (χ0) is 49.0. The van der Waals surface area contributed by atoms with Crippen molar-refractivity contribution in [2.75, 3.05) is 18.4 Å². The normalized spacial score (nSPS) is 19.2. The molecule has 2 aromatic rings. The molecule has 3 aliphatic heterocycles. The molecule has 358 valence electrons. The fraction of sp³-hybridized carbons (Fsp3) is 0.422. The van der Waals surface area contributed by atoms with Crippen LogP contribution in [-0.4, -0.2) is 122 Å². The molecule has 2 aromatic carbocycles. The lowest BCUT2D eigenvalue weighted by molar-refractivity contribution is -0.161. The predicted octanol–water partition coefficient (Wildman–Crippen LogP) is 1.70. The third kappa shape index (κ3) is 13.4. The number of thioether (sulfide) groups is 1. The molecule has 10 amide bonds. The van der Waals surface area contributed by atoms with Crippen LogP contribution in [0.15, 0.2) is 78.9 Å². The van der Waals surface area contributed by atoms with Gasteiger partial charge in [0, 0.05) is 42.1 Å². The molecule has 0 unspecified atom stereocenters. The molecule has 0 bridgehead atoms. The fourth-order valence-corrected chi connectivity index (χ4v) is 9.25. The number of primary amides is 1. The van der Waals surface area contributed by atoms with E-state index in [2.05, 4.69) is 38.5 Å². The molecule has 21 nitrogen and oxygen atoms in total. The van der Waals surface area contributed by atoms with Crippen molar-refractivity contribution in [3.05, 3.63) is 90.0 Å². The number of nitrogens with two attached hydrogens (primary N) is 1. The maximum atomic E-state index is 13.6. The largest absolute Gasteiger partial charge is 0.480 e. The molecule has 22 heteroatoms. The SMILES string of the molecule is C=C(C)[C@H](NC(=O)CCCCCN1C(=O)C=CC1=O)C(=O)N[C@@H](CCCNC(N)=O)C(=O)Nc1ccc(COC(=O)N[C@@H](C(=O)N[C@@H]2C(=O)N3[C@@H]2SC(C)(C)[C@@H]3C(=O)O)c2ccccc2)cc1. The Balaban J connectivity index is 1.13. The van der Waals surface area contributed by atoms with Gasteiger partial charge >= 0.3 is 18.1 Å². The number of hydrogen-bond donors (Lipinski definition) is 8. The van der Waals surface area contributed by atoms with Gasteiger partial charge in [-0.2, -0.15) is 0 Å². The topological polar surface area (TPSA) is 305 Å². The van der Waals surface area contributed by atoms with Gasteiger partial charge in [0.25, 0.3) is 11.8 Å². The predicted molar refractivity (Wildman–Crippen MR) is 243 cm³/mol. The van der Waals surface area contributed by atoms with Crippen LogP contribution in [0, 0.1) is 0 Å². The lowest BCUT2D eigenvalue weighted by Gasteiger charge is -2.44. The van der Waals surface area contributed by atoms with Crippen molar-refractivity contribution in [1.82, 2.24) is 36.4 Å². The number of nitrogens with one attached hydrogen (secondary N) is 6. The van der Waals surface area contributed by atoms with E-state index in [1.807, 2.05) is 0 Å². The first-order valence-corrected chi connectivity index (χ1v) is 22.4. The van der Waals surface area contributed by atoms with E-state index >= 15 is 0 Å².